The van der Waals surface area contributed by atoms with Crippen molar-refractivity contribution in [3.05, 3.63) is 17.5 Å². The summed E-state index contributed by atoms with van der Waals surface area (Å²) in [5.41, 5.74) is 5.93. The van der Waals surface area contributed by atoms with Crippen LogP contribution in [0.2, 0.25) is 5.15 Å². The van der Waals surface area contributed by atoms with Crippen LogP contribution in [0.1, 0.15) is 0 Å². The first-order chi connectivity index (χ1) is 5.25. The normalized spacial score (nSPS) is 10.6. The summed E-state index contributed by atoms with van der Waals surface area (Å²) in [7, 11) is 0. The third-order valence-electron chi connectivity index (χ3n) is 1.21. The molecule has 0 radical (unpaired) electrons. The van der Waals surface area contributed by atoms with E-state index >= 15 is 0 Å². The first kappa shape index (κ1) is 6.36. The first-order valence-corrected chi connectivity index (χ1v) is 3.27. The maximum atomic E-state index is 5.59. The predicted molar refractivity (Wildman–Crippen MR) is 40.2 cm³/mol. The Morgan fingerprint density at radius 3 is 3.18 bits per heavy atom. The second kappa shape index (κ2) is 2.06. The van der Waals surface area contributed by atoms with Crippen LogP contribution in [0.4, 0.5) is 5.95 Å². The van der Waals surface area contributed by atoms with Crippen LogP contribution in [0.5, 0.6) is 0 Å². The summed E-state index contributed by atoms with van der Waals surface area (Å²) in [6.45, 7) is 0. The summed E-state index contributed by atoms with van der Waals surface area (Å²) in [5.74, 6) is 0.217. The molecular weight excluding hydrogens is 166 g/mol. The van der Waals surface area contributed by atoms with Gasteiger partial charge in [-0.1, -0.05) is 11.6 Å². The van der Waals surface area contributed by atoms with Crippen molar-refractivity contribution >= 4 is 23.2 Å². The molecule has 0 fully saturated rings. The molecule has 2 heterocycles. The number of nitrogens with two attached hydrogens (primary N) is 1. The van der Waals surface area contributed by atoms with Gasteiger partial charge in [0, 0.05) is 6.07 Å². The Morgan fingerprint density at radius 2 is 2.36 bits per heavy atom. The van der Waals surface area contributed by atoms with E-state index in [9.17, 15) is 0 Å². The van der Waals surface area contributed by atoms with Crippen LogP contribution in [-0.2, 0) is 0 Å². The van der Waals surface area contributed by atoms with Gasteiger partial charge >= 0.3 is 0 Å². The lowest BCUT2D eigenvalue weighted by atomic mass is 10.6. The van der Waals surface area contributed by atoms with E-state index in [1.807, 2.05) is 0 Å². The molecule has 0 saturated heterocycles. The average Bonchev–Trinajstić information content (AvgIpc) is 2.27. The summed E-state index contributed by atoms with van der Waals surface area (Å²) in [4.78, 5) is 7.67. The van der Waals surface area contributed by atoms with Crippen LogP contribution in [0.3, 0.4) is 0 Å². The van der Waals surface area contributed by atoms with E-state index in [0.29, 0.717) is 10.8 Å². The number of halogens is 1. The van der Waals surface area contributed by atoms with Crippen LogP contribution >= 0.6 is 11.6 Å². The molecule has 0 unspecified atom stereocenters. The number of hydrogen-bond acceptors (Lipinski definition) is 4. The smallest absolute Gasteiger partial charge is 0.240 e. The third-order valence-corrected chi connectivity index (χ3v) is 1.42. The van der Waals surface area contributed by atoms with Crippen LogP contribution in [0.15, 0.2) is 12.4 Å². The Labute approximate surface area is 66.8 Å². The maximum Gasteiger partial charge on any atom is 0.240 e. The number of anilines is 1. The Hall–Kier alpha value is -1.36. The highest BCUT2D eigenvalue weighted by molar-refractivity contribution is 6.29. The molecule has 0 aliphatic heterocycles. The van der Waals surface area contributed by atoms with Gasteiger partial charge in [0.15, 0.2) is 5.65 Å². The van der Waals surface area contributed by atoms with Crippen LogP contribution in [0.25, 0.3) is 5.65 Å². The first-order valence-electron chi connectivity index (χ1n) is 2.89. The molecule has 56 valence electrons. The van der Waals surface area contributed by atoms with Crippen molar-refractivity contribution in [2.24, 2.45) is 0 Å². The fraction of sp³-hybridized carbons (Fsp3) is 0. The molecular formula is C5H4ClN5. The minimum Gasteiger partial charge on any atom is -0.366 e. The lowest BCUT2D eigenvalue weighted by Gasteiger charge is -1.88. The molecule has 0 bridgehead atoms. The molecule has 0 saturated carbocycles. The van der Waals surface area contributed by atoms with E-state index in [4.69, 9.17) is 17.3 Å². The number of rotatable bonds is 0. The summed E-state index contributed by atoms with van der Waals surface area (Å²) in [5, 5.41) is 4.20. The number of fused-ring (bicyclic) bond motifs is 1. The number of aromatic nitrogens is 4. The molecule has 0 aliphatic rings. The molecule has 11 heavy (non-hydrogen) atoms. The molecule has 0 spiro atoms. The standard InChI is InChI=1S/C5H4ClN5/c6-3-1-4-9-5(7)10-11(4)2-8-3/h1-2H,(H2,7,10). The summed E-state index contributed by atoms with van der Waals surface area (Å²) < 4.78 is 1.46. The lowest BCUT2D eigenvalue weighted by molar-refractivity contribution is 0.927. The van der Waals surface area contributed by atoms with Crippen LogP contribution in [0, 0.1) is 0 Å². The SMILES string of the molecule is Nc1nc2cc(Cl)ncn2n1. The fourth-order valence-electron chi connectivity index (χ4n) is 0.790. The molecule has 0 atom stereocenters. The van der Waals surface area contributed by atoms with Gasteiger partial charge in [0.2, 0.25) is 5.95 Å². The quantitative estimate of drug-likeness (QED) is 0.579. The van der Waals surface area contributed by atoms with Gasteiger partial charge in [-0.25, -0.2) is 9.50 Å². The minimum absolute atomic E-state index is 0.217. The number of nitrogens with zero attached hydrogens (tertiary/aromatic N) is 4. The Kier molecular flexibility index (Phi) is 1.19. The van der Waals surface area contributed by atoms with Gasteiger partial charge in [0.25, 0.3) is 0 Å². The van der Waals surface area contributed by atoms with E-state index in [0.717, 1.165) is 0 Å². The van der Waals surface area contributed by atoms with Crippen LogP contribution < -0.4 is 5.73 Å². The van der Waals surface area contributed by atoms with Crippen molar-refractivity contribution in [3.8, 4) is 0 Å². The lowest BCUT2D eigenvalue weighted by Crippen LogP contribution is -1.89. The second-order valence-electron chi connectivity index (χ2n) is 1.98. The Balaban J connectivity index is 2.82. The molecule has 6 heteroatoms. The largest absolute Gasteiger partial charge is 0.366 e. The highest BCUT2D eigenvalue weighted by Crippen LogP contribution is 2.06. The zero-order valence-corrected chi connectivity index (χ0v) is 6.15. The van der Waals surface area contributed by atoms with Crippen molar-refractivity contribution in [1.82, 2.24) is 19.6 Å². The van der Waals surface area contributed by atoms with E-state index in [-0.39, 0.29) is 5.95 Å². The monoisotopic (exact) mass is 169 g/mol. The molecule has 2 aromatic rings. The highest BCUT2D eigenvalue weighted by atomic mass is 35.5. The van der Waals surface area contributed by atoms with Gasteiger partial charge in [-0.3, -0.25) is 0 Å². The van der Waals surface area contributed by atoms with E-state index in [1.165, 1.54) is 10.8 Å². The summed E-state index contributed by atoms with van der Waals surface area (Å²) in [6.07, 6.45) is 1.46. The molecule has 0 amide bonds. The molecule has 5 nitrogen and oxygen atoms in total. The van der Waals surface area contributed by atoms with Crippen molar-refractivity contribution < 1.29 is 0 Å². The van der Waals surface area contributed by atoms with Gasteiger partial charge in [-0.15, -0.1) is 5.10 Å². The van der Waals surface area contributed by atoms with Gasteiger partial charge in [-0.2, -0.15) is 4.98 Å². The topological polar surface area (TPSA) is 69.1 Å². The fourth-order valence-corrected chi connectivity index (χ4v) is 0.931. The average molecular weight is 170 g/mol. The third kappa shape index (κ3) is 0.988. The van der Waals surface area contributed by atoms with Crippen LogP contribution in [-0.4, -0.2) is 19.6 Å². The summed E-state index contributed by atoms with van der Waals surface area (Å²) >= 11 is 5.59. The molecule has 0 aromatic carbocycles. The Bertz CT molecular complexity index is 395. The zero-order chi connectivity index (χ0) is 7.84. The van der Waals surface area contributed by atoms with E-state index < -0.39 is 0 Å². The van der Waals surface area contributed by atoms with E-state index in [1.54, 1.807) is 6.07 Å². The molecule has 0 aliphatic carbocycles. The van der Waals surface area contributed by atoms with Crippen molar-refractivity contribution in [2.75, 3.05) is 5.73 Å². The maximum absolute atomic E-state index is 5.59. The number of hydrogen-bond donors (Lipinski definition) is 1. The highest BCUT2D eigenvalue weighted by Gasteiger charge is 1.99. The van der Waals surface area contributed by atoms with Crippen molar-refractivity contribution in [2.45, 2.75) is 0 Å². The predicted octanol–water partition coefficient (Wildman–Crippen LogP) is 0.360. The summed E-state index contributed by atoms with van der Waals surface area (Å²) in [6, 6.07) is 1.59. The molecule has 2 aromatic heterocycles. The second-order valence-corrected chi connectivity index (χ2v) is 2.37. The molecule has 2 rings (SSSR count). The molecule has 2 N–H and O–H groups in total. The van der Waals surface area contributed by atoms with Gasteiger partial charge in [-0.05, 0) is 0 Å². The number of nitrogen functional groups attached to an aromatic ring is 1. The van der Waals surface area contributed by atoms with Gasteiger partial charge < -0.3 is 5.73 Å². The zero-order valence-electron chi connectivity index (χ0n) is 5.40. The van der Waals surface area contributed by atoms with Gasteiger partial charge in [0.05, 0.1) is 0 Å². The Morgan fingerprint density at radius 1 is 1.55 bits per heavy atom. The van der Waals surface area contributed by atoms with E-state index in [2.05, 4.69) is 15.1 Å². The van der Waals surface area contributed by atoms with Crippen molar-refractivity contribution in [1.29, 1.82) is 0 Å². The van der Waals surface area contributed by atoms with Gasteiger partial charge in [0.1, 0.15) is 11.5 Å². The minimum atomic E-state index is 0.217. The van der Waals surface area contributed by atoms with Crippen molar-refractivity contribution in [3.63, 3.8) is 0 Å².